The van der Waals surface area contributed by atoms with Crippen LogP contribution in [0.1, 0.15) is 23.1 Å². The normalized spacial score (nSPS) is 13.7. The van der Waals surface area contributed by atoms with Crippen LogP contribution in [0.3, 0.4) is 0 Å². The van der Waals surface area contributed by atoms with Crippen molar-refractivity contribution in [2.75, 3.05) is 5.32 Å². The first kappa shape index (κ1) is 20.3. The van der Waals surface area contributed by atoms with E-state index in [0.29, 0.717) is 12.2 Å². The zero-order chi connectivity index (χ0) is 17.9. The summed E-state index contributed by atoms with van der Waals surface area (Å²) in [4.78, 5) is 4.27. The van der Waals surface area contributed by atoms with Crippen molar-refractivity contribution < 1.29 is 17.9 Å². The van der Waals surface area contributed by atoms with E-state index < -0.39 is 6.36 Å². The number of hydrogen-bond acceptors (Lipinski definition) is 2. The van der Waals surface area contributed by atoms with Gasteiger partial charge >= 0.3 is 6.36 Å². The molecule has 0 fully saturated rings. The average Bonchev–Trinajstić information content (AvgIpc) is 3.01. The summed E-state index contributed by atoms with van der Waals surface area (Å²) in [6.45, 7) is 0.446. The molecule has 26 heavy (non-hydrogen) atoms. The van der Waals surface area contributed by atoms with Crippen LogP contribution < -0.4 is 15.8 Å². The molecule has 2 aromatic rings. The average molecular weight is 477 g/mol. The Kier molecular flexibility index (Phi) is 6.74. The van der Waals surface area contributed by atoms with E-state index in [9.17, 15) is 13.2 Å². The molecule has 0 bridgehead atoms. The minimum Gasteiger partial charge on any atom is -0.406 e. The molecule has 140 valence electrons. The lowest BCUT2D eigenvalue weighted by atomic mass is 10.1. The van der Waals surface area contributed by atoms with Crippen LogP contribution in [0.25, 0.3) is 0 Å². The lowest BCUT2D eigenvalue weighted by Crippen LogP contribution is -2.22. The van der Waals surface area contributed by atoms with E-state index >= 15 is 0 Å². The van der Waals surface area contributed by atoms with Crippen LogP contribution in [0, 0.1) is 0 Å². The van der Waals surface area contributed by atoms with Gasteiger partial charge in [0.15, 0.2) is 5.96 Å². The third kappa shape index (κ3) is 5.79. The van der Waals surface area contributed by atoms with Gasteiger partial charge in [0.25, 0.3) is 0 Å². The van der Waals surface area contributed by atoms with Crippen LogP contribution >= 0.6 is 24.0 Å². The number of fused-ring (bicyclic) bond motifs is 1. The van der Waals surface area contributed by atoms with Crippen molar-refractivity contribution in [2.24, 2.45) is 10.7 Å². The highest BCUT2D eigenvalue weighted by atomic mass is 127. The molecule has 0 aromatic heterocycles. The highest BCUT2D eigenvalue weighted by Gasteiger charge is 2.30. The van der Waals surface area contributed by atoms with Gasteiger partial charge in [-0.25, -0.2) is 4.99 Å². The van der Waals surface area contributed by atoms with E-state index in [0.717, 1.165) is 18.4 Å². The standard InChI is InChI=1S/C18H18F3N3O.HI/c19-18(20,21)25-16-8-6-15(7-9-16)24-17(22)23-11-12-4-5-13-2-1-3-14(13)10-12;/h4-10H,1-3,11H2,(H3,22,23,24);1H. The predicted octanol–water partition coefficient (Wildman–Crippen LogP) is 4.62. The summed E-state index contributed by atoms with van der Waals surface area (Å²) in [5.41, 5.74) is 10.2. The Morgan fingerprint density at radius 2 is 1.77 bits per heavy atom. The van der Waals surface area contributed by atoms with Gasteiger partial charge in [-0.1, -0.05) is 18.2 Å². The highest BCUT2D eigenvalue weighted by Crippen LogP contribution is 2.24. The summed E-state index contributed by atoms with van der Waals surface area (Å²) < 4.78 is 40.2. The van der Waals surface area contributed by atoms with E-state index in [1.165, 1.54) is 41.8 Å². The number of benzene rings is 2. The molecule has 4 nitrogen and oxygen atoms in total. The first-order valence-corrected chi connectivity index (χ1v) is 7.92. The van der Waals surface area contributed by atoms with Crippen molar-refractivity contribution >= 4 is 35.6 Å². The minimum absolute atomic E-state index is 0. The topological polar surface area (TPSA) is 59.6 Å². The zero-order valence-electron chi connectivity index (χ0n) is 13.8. The van der Waals surface area contributed by atoms with Crippen LogP contribution in [0.4, 0.5) is 18.9 Å². The maximum Gasteiger partial charge on any atom is 0.573 e. The van der Waals surface area contributed by atoms with Crippen molar-refractivity contribution in [2.45, 2.75) is 32.2 Å². The van der Waals surface area contributed by atoms with Crippen molar-refractivity contribution in [3.05, 3.63) is 59.2 Å². The lowest BCUT2D eigenvalue weighted by Gasteiger charge is -2.10. The van der Waals surface area contributed by atoms with Crippen LogP contribution in [0.15, 0.2) is 47.5 Å². The van der Waals surface area contributed by atoms with Crippen LogP contribution in [0.5, 0.6) is 5.75 Å². The van der Waals surface area contributed by atoms with Crippen molar-refractivity contribution in [1.82, 2.24) is 0 Å². The molecule has 0 saturated heterocycles. The number of nitrogens with two attached hydrogens (primary N) is 1. The van der Waals surface area contributed by atoms with Gasteiger partial charge < -0.3 is 15.8 Å². The number of nitrogens with one attached hydrogen (secondary N) is 1. The molecule has 1 aliphatic rings. The van der Waals surface area contributed by atoms with E-state index in [2.05, 4.69) is 27.2 Å². The number of guanidine groups is 1. The molecular weight excluding hydrogens is 458 g/mol. The third-order valence-corrected chi connectivity index (χ3v) is 3.96. The largest absolute Gasteiger partial charge is 0.573 e. The summed E-state index contributed by atoms with van der Waals surface area (Å²) in [5, 5.41) is 2.85. The fraction of sp³-hybridized carbons (Fsp3) is 0.278. The Bertz CT molecular complexity index is 776. The molecule has 0 saturated carbocycles. The Balaban J connectivity index is 0.00000243. The van der Waals surface area contributed by atoms with Crippen LogP contribution in [0.2, 0.25) is 0 Å². The number of aryl methyl sites for hydroxylation is 2. The second-order valence-corrected chi connectivity index (χ2v) is 5.86. The molecule has 3 rings (SSSR count). The molecule has 8 heteroatoms. The van der Waals surface area contributed by atoms with E-state index in [-0.39, 0.29) is 35.7 Å². The van der Waals surface area contributed by atoms with Crippen LogP contribution in [-0.2, 0) is 19.4 Å². The van der Waals surface area contributed by atoms with E-state index in [1.807, 2.05) is 6.07 Å². The second kappa shape index (κ2) is 8.61. The van der Waals surface area contributed by atoms with Gasteiger partial charge in [0, 0.05) is 5.69 Å². The zero-order valence-corrected chi connectivity index (χ0v) is 16.2. The molecule has 0 aliphatic heterocycles. The van der Waals surface area contributed by atoms with Crippen molar-refractivity contribution in [3.63, 3.8) is 0 Å². The van der Waals surface area contributed by atoms with Gasteiger partial charge in [-0.05, 0) is 60.2 Å². The first-order valence-electron chi connectivity index (χ1n) is 7.92. The number of anilines is 1. The summed E-state index contributed by atoms with van der Waals surface area (Å²) in [7, 11) is 0. The Hall–Kier alpha value is -1.97. The molecule has 0 atom stereocenters. The molecule has 2 aromatic carbocycles. The van der Waals surface area contributed by atoms with Crippen molar-refractivity contribution in [1.29, 1.82) is 0 Å². The highest BCUT2D eigenvalue weighted by molar-refractivity contribution is 14.0. The predicted molar refractivity (Wildman–Crippen MR) is 106 cm³/mol. The summed E-state index contributed by atoms with van der Waals surface area (Å²) in [6, 6.07) is 11.6. The van der Waals surface area contributed by atoms with Gasteiger partial charge in [-0.3, -0.25) is 0 Å². The quantitative estimate of drug-likeness (QED) is 0.384. The summed E-state index contributed by atoms with van der Waals surface area (Å²) >= 11 is 0. The molecule has 0 spiro atoms. The number of alkyl halides is 3. The Labute approximate surface area is 166 Å². The lowest BCUT2D eigenvalue weighted by molar-refractivity contribution is -0.274. The molecule has 3 N–H and O–H groups in total. The van der Waals surface area contributed by atoms with Crippen molar-refractivity contribution in [3.8, 4) is 5.75 Å². The number of aliphatic imine (C=N–C) groups is 1. The fourth-order valence-corrected chi connectivity index (χ4v) is 2.83. The van der Waals surface area contributed by atoms with E-state index in [1.54, 1.807) is 0 Å². The number of ether oxygens (including phenoxy) is 1. The molecule has 0 unspecified atom stereocenters. The molecule has 0 radical (unpaired) electrons. The van der Waals surface area contributed by atoms with Gasteiger partial charge in [0.1, 0.15) is 5.75 Å². The molecular formula is C18H19F3IN3O. The molecule has 0 heterocycles. The minimum atomic E-state index is -4.70. The number of nitrogens with zero attached hydrogens (tertiary/aromatic N) is 1. The maximum absolute atomic E-state index is 12.1. The monoisotopic (exact) mass is 477 g/mol. The third-order valence-electron chi connectivity index (χ3n) is 3.96. The number of hydrogen-bond donors (Lipinski definition) is 2. The second-order valence-electron chi connectivity index (χ2n) is 5.86. The van der Waals surface area contributed by atoms with E-state index in [4.69, 9.17) is 5.73 Å². The summed E-state index contributed by atoms with van der Waals surface area (Å²) in [6.07, 6.45) is -1.27. The van der Waals surface area contributed by atoms with Gasteiger partial charge in [-0.2, -0.15) is 0 Å². The van der Waals surface area contributed by atoms with Gasteiger partial charge in [0.05, 0.1) is 6.54 Å². The van der Waals surface area contributed by atoms with Crippen LogP contribution in [-0.4, -0.2) is 12.3 Å². The van der Waals surface area contributed by atoms with Gasteiger partial charge in [0.2, 0.25) is 0 Å². The smallest absolute Gasteiger partial charge is 0.406 e. The fourth-order valence-electron chi connectivity index (χ4n) is 2.83. The SMILES string of the molecule is I.NC(=NCc1ccc2c(c1)CCC2)Nc1ccc(OC(F)(F)F)cc1. The maximum atomic E-state index is 12.1. The first-order chi connectivity index (χ1) is 11.9. The molecule has 0 amide bonds. The number of halogens is 4. The summed E-state index contributed by atoms with van der Waals surface area (Å²) in [5.74, 6) is -0.0864. The van der Waals surface area contributed by atoms with Gasteiger partial charge in [-0.15, -0.1) is 37.1 Å². The Morgan fingerprint density at radius 1 is 1.08 bits per heavy atom. The molecule has 1 aliphatic carbocycles. The number of rotatable bonds is 4. The Morgan fingerprint density at radius 3 is 2.46 bits per heavy atom.